The Morgan fingerprint density at radius 2 is 1.85 bits per heavy atom. The van der Waals surface area contributed by atoms with Crippen LogP contribution in [0.25, 0.3) is 11.3 Å². The first-order valence-electron chi connectivity index (χ1n) is 8.90. The number of nitrogens with one attached hydrogen (secondary N) is 1. The number of imide groups is 1. The largest absolute Gasteiger partial charge is 0.334 e. The minimum Gasteiger partial charge on any atom is -0.334 e. The van der Waals surface area contributed by atoms with Crippen molar-refractivity contribution in [2.45, 2.75) is 38.6 Å². The third-order valence-corrected chi connectivity index (χ3v) is 4.84. The number of aryl methyl sites for hydroxylation is 2. The highest BCUT2D eigenvalue weighted by Crippen LogP contribution is 2.29. The Morgan fingerprint density at radius 3 is 2.62 bits per heavy atom. The van der Waals surface area contributed by atoms with Crippen LogP contribution in [0.5, 0.6) is 0 Å². The molecule has 1 N–H and O–H groups in total. The van der Waals surface area contributed by atoms with Crippen molar-refractivity contribution in [1.29, 1.82) is 0 Å². The van der Waals surface area contributed by atoms with Crippen LogP contribution in [0.1, 0.15) is 31.5 Å². The molecule has 2 aliphatic heterocycles. The first-order chi connectivity index (χ1) is 12.6. The molecule has 0 atom stereocenters. The molecular formula is C19H20N4O3. The van der Waals surface area contributed by atoms with Crippen LogP contribution in [0.3, 0.4) is 0 Å². The molecule has 4 rings (SSSR count). The lowest BCUT2D eigenvalue weighted by atomic mass is 10.1. The van der Waals surface area contributed by atoms with Gasteiger partial charge in [0.05, 0.1) is 11.4 Å². The van der Waals surface area contributed by atoms with Crippen LogP contribution in [0.4, 0.5) is 5.69 Å². The predicted octanol–water partition coefficient (Wildman–Crippen LogP) is 1.97. The van der Waals surface area contributed by atoms with Gasteiger partial charge >= 0.3 is 0 Å². The highest BCUT2D eigenvalue weighted by Gasteiger charge is 2.30. The lowest BCUT2D eigenvalue weighted by Crippen LogP contribution is -2.36. The van der Waals surface area contributed by atoms with Crippen LogP contribution in [-0.2, 0) is 27.3 Å². The Kier molecular flexibility index (Phi) is 4.28. The molecule has 2 aliphatic rings. The maximum atomic E-state index is 12.4. The summed E-state index contributed by atoms with van der Waals surface area (Å²) in [5.74, 6) is 0.103. The van der Waals surface area contributed by atoms with Crippen LogP contribution in [0.15, 0.2) is 30.5 Å². The van der Waals surface area contributed by atoms with Crippen molar-refractivity contribution in [3.05, 3.63) is 36.3 Å². The van der Waals surface area contributed by atoms with Gasteiger partial charge in [-0.2, -0.15) is 0 Å². The zero-order chi connectivity index (χ0) is 18.1. The van der Waals surface area contributed by atoms with Gasteiger partial charge in [-0.1, -0.05) is 18.2 Å². The molecule has 3 amide bonds. The smallest absolute Gasteiger partial charge is 0.244 e. The number of para-hydroxylation sites is 1. The predicted molar refractivity (Wildman–Crippen MR) is 95.2 cm³/mol. The number of benzene rings is 1. The van der Waals surface area contributed by atoms with E-state index in [2.05, 4.69) is 9.88 Å². The fourth-order valence-electron chi connectivity index (χ4n) is 3.49. The molecule has 7 heteroatoms. The first kappa shape index (κ1) is 16.5. The molecule has 0 bridgehead atoms. The van der Waals surface area contributed by atoms with Crippen molar-refractivity contribution < 1.29 is 14.4 Å². The molecule has 1 aromatic carbocycles. The van der Waals surface area contributed by atoms with Crippen molar-refractivity contribution in [2.24, 2.45) is 0 Å². The summed E-state index contributed by atoms with van der Waals surface area (Å²) in [5, 5.41) is 2.82. The van der Waals surface area contributed by atoms with E-state index < -0.39 is 0 Å². The second-order valence-electron chi connectivity index (χ2n) is 6.66. The average molecular weight is 352 g/mol. The molecule has 0 saturated carbocycles. The summed E-state index contributed by atoms with van der Waals surface area (Å²) in [7, 11) is 0. The number of hydrogen-bond acceptors (Lipinski definition) is 4. The number of amides is 3. The number of anilines is 1. The van der Waals surface area contributed by atoms with Gasteiger partial charge < -0.3 is 9.88 Å². The van der Waals surface area contributed by atoms with Gasteiger partial charge in [0.25, 0.3) is 0 Å². The number of hydrogen-bond donors (Lipinski definition) is 1. The molecule has 134 valence electrons. The Hall–Kier alpha value is -2.96. The second-order valence-corrected chi connectivity index (χ2v) is 6.66. The Bertz CT molecular complexity index is 847. The molecule has 2 aromatic rings. The van der Waals surface area contributed by atoms with Crippen LogP contribution >= 0.6 is 0 Å². The summed E-state index contributed by atoms with van der Waals surface area (Å²) in [6.45, 7) is 0.724. The van der Waals surface area contributed by atoms with E-state index in [1.165, 1.54) is 0 Å². The topological polar surface area (TPSA) is 84.3 Å². The van der Waals surface area contributed by atoms with E-state index in [0.29, 0.717) is 5.69 Å². The highest BCUT2D eigenvalue weighted by molar-refractivity contribution is 6.06. The van der Waals surface area contributed by atoms with Crippen molar-refractivity contribution in [1.82, 2.24) is 14.5 Å². The number of nitrogens with zero attached hydrogens (tertiary/aromatic N) is 3. The number of aromatic nitrogens is 2. The van der Waals surface area contributed by atoms with E-state index in [-0.39, 0.29) is 37.1 Å². The fourth-order valence-corrected chi connectivity index (χ4v) is 3.49. The van der Waals surface area contributed by atoms with Crippen molar-refractivity contribution in [3.63, 3.8) is 0 Å². The minimum atomic E-state index is -0.384. The first-order valence-corrected chi connectivity index (χ1v) is 8.90. The molecule has 1 aromatic heterocycles. The molecular weight excluding hydrogens is 332 g/mol. The number of imidazole rings is 1. The molecule has 1 fully saturated rings. The SMILES string of the molecule is O=C(CN1C(=O)CCC1=O)Nc1ccccc1-c1cn2c(n1)CCCC2. The van der Waals surface area contributed by atoms with Gasteiger partial charge in [0.1, 0.15) is 12.4 Å². The standard InChI is InChI=1S/C19H20N4O3/c24-17(12-23-18(25)8-9-19(23)26)21-14-6-2-1-5-13(14)15-11-22-10-4-3-7-16(22)20-15/h1-2,5-6,11H,3-4,7-10,12H2,(H,21,24). The van der Waals surface area contributed by atoms with Gasteiger partial charge in [0.15, 0.2) is 0 Å². The quantitative estimate of drug-likeness (QED) is 0.853. The summed E-state index contributed by atoms with van der Waals surface area (Å²) in [6.07, 6.45) is 5.65. The highest BCUT2D eigenvalue weighted by atomic mass is 16.2. The summed E-state index contributed by atoms with van der Waals surface area (Å²) in [5.41, 5.74) is 2.29. The van der Waals surface area contributed by atoms with E-state index in [1.807, 2.05) is 24.4 Å². The molecule has 0 spiro atoms. The van der Waals surface area contributed by atoms with Gasteiger partial charge in [-0.05, 0) is 18.9 Å². The van der Waals surface area contributed by atoms with E-state index in [4.69, 9.17) is 4.98 Å². The number of fused-ring (bicyclic) bond motifs is 1. The molecule has 0 unspecified atom stereocenters. The maximum Gasteiger partial charge on any atom is 0.244 e. The molecule has 0 radical (unpaired) electrons. The Morgan fingerprint density at radius 1 is 1.08 bits per heavy atom. The van der Waals surface area contributed by atoms with Crippen LogP contribution in [-0.4, -0.2) is 38.7 Å². The van der Waals surface area contributed by atoms with Gasteiger partial charge in [0.2, 0.25) is 17.7 Å². The third-order valence-electron chi connectivity index (χ3n) is 4.84. The molecule has 1 saturated heterocycles. The zero-order valence-corrected chi connectivity index (χ0v) is 14.4. The lowest BCUT2D eigenvalue weighted by Gasteiger charge is -2.14. The number of likely N-dealkylation sites (tertiary alicyclic amines) is 1. The van der Waals surface area contributed by atoms with Crippen LogP contribution < -0.4 is 5.32 Å². The molecule has 0 aliphatic carbocycles. The van der Waals surface area contributed by atoms with Gasteiger partial charge in [0, 0.05) is 37.6 Å². The average Bonchev–Trinajstić information content (AvgIpc) is 3.20. The molecule has 3 heterocycles. The monoisotopic (exact) mass is 352 g/mol. The normalized spacial score (nSPS) is 16.7. The minimum absolute atomic E-state index is 0.183. The van der Waals surface area contributed by atoms with Crippen molar-refractivity contribution in [3.8, 4) is 11.3 Å². The van der Waals surface area contributed by atoms with E-state index in [1.54, 1.807) is 6.07 Å². The second kappa shape index (κ2) is 6.74. The Labute approximate surface area is 151 Å². The summed E-state index contributed by atoms with van der Waals surface area (Å²) < 4.78 is 2.17. The summed E-state index contributed by atoms with van der Waals surface area (Å²) in [4.78, 5) is 41.5. The van der Waals surface area contributed by atoms with Gasteiger partial charge in [-0.15, -0.1) is 0 Å². The van der Waals surface area contributed by atoms with E-state index in [9.17, 15) is 14.4 Å². The number of rotatable bonds is 4. The van der Waals surface area contributed by atoms with Gasteiger partial charge in [-0.25, -0.2) is 4.98 Å². The summed E-state index contributed by atoms with van der Waals surface area (Å²) in [6, 6.07) is 7.45. The van der Waals surface area contributed by atoms with Crippen LogP contribution in [0.2, 0.25) is 0 Å². The lowest BCUT2D eigenvalue weighted by molar-refractivity contribution is -0.141. The molecule has 26 heavy (non-hydrogen) atoms. The third kappa shape index (κ3) is 3.12. The van der Waals surface area contributed by atoms with E-state index >= 15 is 0 Å². The maximum absolute atomic E-state index is 12.4. The number of carbonyl (C=O) groups excluding carboxylic acids is 3. The zero-order valence-electron chi connectivity index (χ0n) is 14.4. The van der Waals surface area contributed by atoms with Gasteiger partial charge in [-0.3, -0.25) is 19.3 Å². The van der Waals surface area contributed by atoms with Crippen molar-refractivity contribution in [2.75, 3.05) is 11.9 Å². The van der Waals surface area contributed by atoms with E-state index in [0.717, 1.165) is 47.8 Å². The van der Waals surface area contributed by atoms with Crippen molar-refractivity contribution >= 4 is 23.4 Å². The Balaban J connectivity index is 1.54. The molecule has 7 nitrogen and oxygen atoms in total. The number of carbonyl (C=O) groups is 3. The summed E-state index contributed by atoms with van der Waals surface area (Å²) >= 11 is 0. The van der Waals surface area contributed by atoms with Crippen LogP contribution in [0, 0.1) is 0 Å². The fraction of sp³-hybridized carbons (Fsp3) is 0.368.